The Balaban J connectivity index is 1.91. The van der Waals surface area contributed by atoms with Crippen LogP contribution in [0.25, 0.3) is 11.1 Å². The molecule has 0 atom stereocenters. The first kappa shape index (κ1) is 18.1. The predicted octanol–water partition coefficient (Wildman–Crippen LogP) is 3.81. The zero-order valence-corrected chi connectivity index (χ0v) is 15.5. The van der Waals surface area contributed by atoms with E-state index in [4.69, 9.17) is 25.6 Å². The molecule has 1 heterocycles. The van der Waals surface area contributed by atoms with Gasteiger partial charge < -0.3 is 14.0 Å². The number of nitrogens with zero attached hydrogens (tertiary/aromatic N) is 1. The number of hydrogen-bond acceptors (Lipinski definition) is 6. The van der Waals surface area contributed by atoms with E-state index in [9.17, 15) is 8.42 Å². The average molecular weight is 395 g/mol. The van der Waals surface area contributed by atoms with E-state index < -0.39 is 10.0 Å². The Morgan fingerprint density at radius 2 is 1.81 bits per heavy atom. The second-order valence-corrected chi connectivity index (χ2v) is 7.29. The minimum atomic E-state index is -3.92. The standard InChI is InChI=1S/C17H15ClN2O5S/c1-23-12-5-3-11(4-6-12)14-10-19-25-17(14)20-26(21,22)13-7-8-16(24-2)15(18)9-13/h3-10,20H,1-2H3. The first-order chi connectivity index (χ1) is 12.4. The minimum Gasteiger partial charge on any atom is -0.497 e. The quantitative estimate of drug-likeness (QED) is 0.683. The van der Waals surface area contributed by atoms with E-state index in [0.29, 0.717) is 17.1 Å². The van der Waals surface area contributed by atoms with Crippen LogP contribution in [0.1, 0.15) is 0 Å². The smallest absolute Gasteiger partial charge is 0.264 e. The zero-order chi connectivity index (χ0) is 18.7. The summed E-state index contributed by atoms with van der Waals surface area (Å²) in [5.74, 6) is 1.06. The summed E-state index contributed by atoms with van der Waals surface area (Å²) in [6.45, 7) is 0. The van der Waals surface area contributed by atoms with Gasteiger partial charge in [0.25, 0.3) is 10.0 Å². The van der Waals surface area contributed by atoms with Gasteiger partial charge in [-0.3, -0.25) is 0 Å². The molecular weight excluding hydrogens is 380 g/mol. The molecule has 136 valence electrons. The number of rotatable bonds is 6. The fraction of sp³-hybridized carbons (Fsp3) is 0.118. The van der Waals surface area contributed by atoms with E-state index in [1.807, 2.05) is 0 Å². The van der Waals surface area contributed by atoms with Crippen LogP contribution in [-0.4, -0.2) is 27.8 Å². The largest absolute Gasteiger partial charge is 0.497 e. The molecule has 2 aromatic carbocycles. The molecule has 9 heteroatoms. The highest BCUT2D eigenvalue weighted by molar-refractivity contribution is 7.92. The van der Waals surface area contributed by atoms with Crippen molar-refractivity contribution >= 4 is 27.5 Å². The lowest BCUT2D eigenvalue weighted by molar-refractivity contribution is 0.414. The second kappa shape index (κ2) is 7.27. The first-order valence-corrected chi connectivity index (χ1v) is 9.26. The van der Waals surface area contributed by atoms with Crippen molar-refractivity contribution in [3.63, 3.8) is 0 Å². The molecule has 0 bridgehead atoms. The Kier molecular flexibility index (Phi) is 5.06. The third-order valence-corrected chi connectivity index (χ3v) is 5.26. The molecule has 1 aromatic heterocycles. The van der Waals surface area contributed by atoms with Gasteiger partial charge in [-0.2, -0.15) is 0 Å². The molecule has 0 radical (unpaired) electrons. The monoisotopic (exact) mass is 394 g/mol. The molecule has 0 aliphatic rings. The lowest BCUT2D eigenvalue weighted by Crippen LogP contribution is -2.13. The highest BCUT2D eigenvalue weighted by atomic mass is 35.5. The van der Waals surface area contributed by atoms with E-state index in [2.05, 4.69) is 9.88 Å². The van der Waals surface area contributed by atoms with Crippen LogP contribution in [0.2, 0.25) is 5.02 Å². The summed E-state index contributed by atoms with van der Waals surface area (Å²) in [5.41, 5.74) is 1.22. The number of benzene rings is 2. The second-order valence-electron chi connectivity index (χ2n) is 5.20. The first-order valence-electron chi connectivity index (χ1n) is 7.40. The molecule has 0 unspecified atom stereocenters. The molecule has 0 spiro atoms. The molecule has 0 saturated heterocycles. The number of nitrogens with one attached hydrogen (secondary N) is 1. The normalized spacial score (nSPS) is 11.2. The molecule has 0 saturated carbocycles. The molecule has 0 amide bonds. The number of methoxy groups -OCH3 is 2. The van der Waals surface area contributed by atoms with Crippen LogP contribution in [0, 0.1) is 0 Å². The third kappa shape index (κ3) is 3.61. The number of hydrogen-bond donors (Lipinski definition) is 1. The molecule has 0 aliphatic heterocycles. The van der Waals surface area contributed by atoms with Gasteiger partial charge >= 0.3 is 0 Å². The number of sulfonamides is 1. The molecule has 1 N–H and O–H groups in total. The summed E-state index contributed by atoms with van der Waals surface area (Å²) < 4.78 is 42.8. The highest BCUT2D eigenvalue weighted by Gasteiger charge is 2.21. The van der Waals surface area contributed by atoms with E-state index in [1.165, 1.54) is 31.5 Å². The van der Waals surface area contributed by atoms with Gasteiger partial charge in [0.05, 0.1) is 35.9 Å². The average Bonchev–Trinajstić information content (AvgIpc) is 3.09. The Morgan fingerprint density at radius 3 is 2.42 bits per heavy atom. The maximum atomic E-state index is 12.6. The maximum Gasteiger partial charge on any atom is 0.264 e. The summed E-state index contributed by atoms with van der Waals surface area (Å²) in [4.78, 5) is -0.0274. The van der Waals surface area contributed by atoms with Gasteiger partial charge in [-0.15, -0.1) is 0 Å². The van der Waals surface area contributed by atoms with Crippen molar-refractivity contribution < 1.29 is 22.4 Å². The van der Waals surface area contributed by atoms with Crippen molar-refractivity contribution in [2.45, 2.75) is 4.90 Å². The molecule has 26 heavy (non-hydrogen) atoms. The van der Waals surface area contributed by atoms with Gasteiger partial charge in [-0.25, -0.2) is 13.1 Å². The van der Waals surface area contributed by atoms with Crippen molar-refractivity contribution in [2.75, 3.05) is 18.9 Å². The summed E-state index contributed by atoms with van der Waals surface area (Å²) in [6.07, 6.45) is 1.43. The summed E-state index contributed by atoms with van der Waals surface area (Å²) in [5, 5.41) is 3.87. The van der Waals surface area contributed by atoms with Crippen LogP contribution in [-0.2, 0) is 10.0 Å². The predicted molar refractivity (Wildman–Crippen MR) is 97.3 cm³/mol. The van der Waals surface area contributed by atoms with Gasteiger partial charge in [-0.05, 0) is 35.9 Å². The number of ether oxygens (including phenoxy) is 2. The topological polar surface area (TPSA) is 90.7 Å². The number of anilines is 1. The Bertz CT molecular complexity index is 1020. The van der Waals surface area contributed by atoms with Crippen LogP contribution in [0.5, 0.6) is 11.5 Å². The molecule has 3 aromatic rings. The van der Waals surface area contributed by atoms with E-state index in [-0.39, 0.29) is 15.8 Å². The molecule has 7 nitrogen and oxygen atoms in total. The SMILES string of the molecule is COc1ccc(-c2cnoc2NS(=O)(=O)c2ccc(OC)c(Cl)c2)cc1. The summed E-state index contributed by atoms with van der Waals surface area (Å²) in [7, 11) is -0.911. The van der Waals surface area contributed by atoms with Crippen LogP contribution in [0.3, 0.4) is 0 Å². The maximum absolute atomic E-state index is 12.6. The van der Waals surface area contributed by atoms with Crippen molar-refractivity contribution in [2.24, 2.45) is 0 Å². The Hall–Kier alpha value is -2.71. The van der Waals surface area contributed by atoms with Gasteiger partial charge in [0.1, 0.15) is 11.5 Å². The number of halogens is 1. The van der Waals surface area contributed by atoms with Crippen molar-refractivity contribution in [1.82, 2.24) is 5.16 Å². The van der Waals surface area contributed by atoms with E-state index in [0.717, 1.165) is 5.56 Å². The Labute approximate surface area is 155 Å². The highest BCUT2D eigenvalue weighted by Crippen LogP contribution is 2.32. The van der Waals surface area contributed by atoms with Gasteiger partial charge in [0.15, 0.2) is 0 Å². The van der Waals surface area contributed by atoms with Crippen molar-refractivity contribution in [1.29, 1.82) is 0 Å². The molecule has 3 rings (SSSR count). The fourth-order valence-electron chi connectivity index (χ4n) is 2.28. The van der Waals surface area contributed by atoms with Crippen molar-refractivity contribution in [3.05, 3.63) is 53.7 Å². The fourth-order valence-corrected chi connectivity index (χ4v) is 3.64. The van der Waals surface area contributed by atoms with E-state index in [1.54, 1.807) is 31.4 Å². The lowest BCUT2D eigenvalue weighted by atomic mass is 10.1. The minimum absolute atomic E-state index is 0.00195. The third-order valence-electron chi connectivity index (χ3n) is 3.63. The van der Waals surface area contributed by atoms with Crippen LogP contribution in [0.15, 0.2) is 58.1 Å². The van der Waals surface area contributed by atoms with Crippen LogP contribution < -0.4 is 14.2 Å². The number of aromatic nitrogens is 1. The van der Waals surface area contributed by atoms with Crippen LogP contribution >= 0.6 is 11.6 Å². The van der Waals surface area contributed by atoms with Gasteiger partial charge in [0.2, 0.25) is 5.88 Å². The molecule has 0 fully saturated rings. The summed E-state index contributed by atoms with van der Waals surface area (Å²) >= 11 is 6.01. The molecular formula is C17H15ClN2O5S. The van der Waals surface area contributed by atoms with E-state index >= 15 is 0 Å². The Morgan fingerprint density at radius 1 is 1.08 bits per heavy atom. The summed E-state index contributed by atoms with van der Waals surface area (Å²) in [6, 6.07) is 11.2. The van der Waals surface area contributed by atoms with Gasteiger partial charge in [0, 0.05) is 0 Å². The molecule has 0 aliphatic carbocycles. The lowest BCUT2D eigenvalue weighted by Gasteiger charge is -2.09. The van der Waals surface area contributed by atoms with Crippen molar-refractivity contribution in [3.8, 4) is 22.6 Å². The van der Waals surface area contributed by atoms with Gasteiger partial charge in [-0.1, -0.05) is 28.9 Å². The zero-order valence-electron chi connectivity index (χ0n) is 13.9. The van der Waals surface area contributed by atoms with Crippen LogP contribution in [0.4, 0.5) is 5.88 Å².